The highest BCUT2D eigenvalue weighted by Gasteiger charge is 2.29. The molecule has 1 fully saturated rings. The third-order valence-electron chi connectivity index (χ3n) is 5.00. The lowest BCUT2D eigenvalue weighted by molar-refractivity contribution is -0.117. The monoisotopic (exact) mass is 476 g/mol. The van der Waals surface area contributed by atoms with Crippen LogP contribution in [0.5, 0.6) is 0 Å². The molecule has 12 heteroatoms. The average molecular weight is 477 g/mol. The summed E-state index contributed by atoms with van der Waals surface area (Å²) in [5.41, 5.74) is 1.83. The first-order valence-electron chi connectivity index (χ1n) is 10.2. The minimum absolute atomic E-state index is 0.0375. The molecular weight excluding hydrogens is 454 g/mol. The Morgan fingerprint density at radius 3 is 2.33 bits per heavy atom. The van der Waals surface area contributed by atoms with Gasteiger partial charge in [0.15, 0.2) is 0 Å². The number of amides is 1. The van der Waals surface area contributed by atoms with Gasteiger partial charge in [-0.3, -0.25) is 9.48 Å². The van der Waals surface area contributed by atoms with E-state index in [0.717, 1.165) is 17.5 Å². The molecule has 33 heavy (non-hydrogen) atoms. The number of rotatable bonds is 8. The molecule has 0 aliphatic heterocycles. The van der Waals surface area contributed by atoms with Crippen LogP contribution in [0, 0.1) is 13.8 Å². The number of aromatic nitrogens is 4. The minimum atomic E-state index is -3.94. The van der Waals surface area contributed by atoms with Crippen LogP contribution in [0.15, 0.2) is 41.3 Å². The smallest absolute Gasteiger partial charge is 0.280 e. The number of aryl methyl sites for hydroxylation is 2. The Bertz CT molecular complexity index is 1270. The van der Waals surface area contributed by atoms with Gasteiger partial charge in [0.05, 0.1) is 10.6 Å². The molecule has 1 saturated carbocycles. The molecular formula is C21H22F2N6O3S. The van der Waals surface area contributed by atoms with Crippen molar-refractivity contribution in [2.24, 2.45) is 0 Å². The van der Waals surface area contributed by atoms with Crippen LogP contribution in [-0.4, -0.2) is 34.1 Å². The summed E-state index contributed by atoms with van der Waals surface area (Å²) >= 11 is 0. The molecule has 2 aromatic heterocycles. The van der Waals surface area contributed by atoms with Gasteiger partial charge in [-0.1, -0.05) is 0 Å². The molecule has 1 aromatic carbocycles. The van der Waals surface area contributed by atoms with Crippen LogP contribution >= 0.6 is 0 Å². The maximum absolute atomic E-state index is 13.3. The highest BCUT2D eigenvalue weighted by molar-refractivity contribution is 7.92. The van der Waals surface area contributed by atoms with Crippen molar-refractivity contribution in [1.29, 1.82) is 0 Å². The van der Waals surface area contributed by atoms with E-state index in [-0.39, 0.29) is 29.0 Å². The fourth-order valence-corrected chi connectivity index (χ4v) is 4.28. The van der Waals surface area contributed by atoms with Crippen LogP contribution in [0.1, 0.15) is 48.0 Å². The first-order chi connectivity index (χ1) is 15.6. The summed E-state index contributed by atoms with van der Waals surface area (Å²) in [5, 5.41) is 6.72. The topological polar surface area (TPSA) is 119 Å². The van der Waals surface area contributed by atoms with Crippen molar-refractivity contribution < 1.29 is 22.0 Å². The third kappa shape index (κ3) is 5.51. The fraction of sp³-hybridized carbons (Fsp3) is 0.333. The summed E-state index contributed by atoms with van der Waals surface area (Å²) in [4.78, 5) is 20.4. The number of hydrogen-bond acceptors (Lipinski definition) is 6. The summed E-state index contributed by atoms with van der Waals surface area (Å²) in [6.45, 7) is 3.08. The van der Waals surface area contributed by atoms with Gasteiger partial charge >= 0.3 is 0 Å². The molecule has 0 unspecified atom stereocenters. The van der Waals surface area contributed by atoms with Crippen LogP contribution < -0.4 is 10.0 Å². The van der Waals surface area contributed by atoms with Gasteiger partial charge in [0.1, 0.15) is 12.2 Å². The summed E-state index contributed by atoms with van der Waals surface area (Å²) in [7, 11) is -3.94. The predicted molar refractivity (Wildman–Crippen MR) is 117 cm³/mol. The van der Waals surface area contributed by atoms with Gasteiger partial charge < -0.3 is 5.32 Å². The van der Waals surface area contributed by atoms with Gasteiger partial charge in [-0.15, -0.1) is 0 Å². The molecule has 1 aliphatic carbocycles. The average Bonchev–Trinajstić information content (AvgIpc) is 3.47. The first-order valence-corrected chi connectivity index (χ1v) is 11.7. The standard InChI is InChI=1S/C21H22F2N6O3S/c1-12-9-13(2)25-21(24-12)28-33(31,32)16-7-5-15(6-8-16)26-19(30)11-29-18(20(22)23)10-17(27-29)14-3-4-14/h5-10,14,20H,3-4,11H2,1-2H3,(H,26,30)(H,24,25,28). The second-order valence-corrected chi connectivity index (χ2v) is 9.56. The summed E-state index contributed by atoms with van der Waals surface area (Å²) in [6, 6.07) is 8.49. The molecule has 0 spiro atoms. The van der Waals surface area contributed by atoms with E-state index in [4.69, 9.17) is 0 Å². The Balaban J connectivity index is 1.42. The number of halogens is 2. The second kappa shape index (κ2) is 8.85. The van der Waals surface area contributed by atoms with Crippen molar-refractivity contribution in [2.45, 2.75) is 50.5 Å². The number of anilines is 2. The molecule has 1 aliphatic rings. The van der Waals surface area contributed by atoms with E-state index < -0.39 is 22.4 Å². The SMILES string of the molecule is Cc1cc(C)nc(NS(=O)(=O)c2ccc(NC(=O)Cn3nc(C4CC4)cc3C(F)F)cc2)n1. The van der Waals surface area contributed by atoms with E-state index in [9.17, 15) is 22.0 Å². The van der Waals surface area contributed by atoms with Crippen LogP contribution in [0.3, 0.4) is 0 Å². The Kier molecular flexibility index (Phi) is 6.11. The fourth-order valence-electron chi connectivity index (χ4n) is 3.34. The molecule has 2 N–H and O–H groups in total. The van der Waals surface area contributed by atoms with Crippen LogP contribution in [0.2, 0.25) is 0 Å². The van der Waals surface area contributed by atoms with E-state index >= 15 is 0 Å². The third-order valence-corrected chi connectivity index (χ3v) is 6.34. The lowest BCUT2D eigenvalue weighted by atomic mass is 10.3. The highest BCUT2D eigenvalue weighted by atomic mass is 32.2. The van der Waals surface area contributed by atoms with E-state index in [1.54, 1.807) is 19.9 Å². The first kappa shape index (κ1) is 22.8. The second-order valence-electron chi connectivity index (χ2n) is 7.88. The van der Waals surface area contributed by atoms with Crippen molar-refractivity contribution in [3.63, 3.8) is 0 Å². The number of nitrogens with one attached hydrogen (secondary N) is 2. The van der Waals surface area contributed by atoms with Crippen LogP contribution in [0.4, 0.5) is 20.4 Å². The maximum Gasteiger partial charge on any atom is 0.280 e. The maximum atomic E-state index is 13.3. The largest absolute Gasteiger partial charge is 0.324 e. The van der Waals surface area contributed by atoms with Crippen molar-refractivity contribution in [1.82, 2.24) is 19.7 Å². The lowest BCUT2D eigenvalue weighted by Crippen LogP contribution is -2.21. The van der Waals surface area contributed by atoms with Gasteiger partial charge in [0.2, 0.25) is 11.9 Å². The molecule has 1 amide bonds. The molecule has 2 heterocycles. The number of carbonyl (C=O) groups excluding carboxylic acids is 1. The summed E-state index contributed by atoms with van der Waals surface area (Å²) in [6.07, 6.45) is -0.923. The zero-order valence-electron chi connectivity index (χ0n) is 17.9. The lowest BCUT2D eigenvalue weighted by Gasteiger charge is -2.10. The highest BCUT2D eigenvalue weighted by Crippen LogP contribution is 2.40. The zero-order chi connectivity index (χ0) is 23.8. The molecule has 0 radical (unpaired) electrons. The molecule has 3 aromatic rings. The van der Waals surface area contributed by atoms with E-state index in [1.807, 2.05) is 0 Å². The molecule has 0 atom stereocenters. The molecule has 9 nitrogen and oxygen atoms in total. The van der Waals surface area contributed by atoms with Gasteiger partial charge in [0.25, 0.3) is 16.4 Å². The molecule has 0 saturated heterocycles. The van der Waals surface area contributed by atoms with Gasteiger partial charge in [-0.05, 0) is 63.1 Å². The number of nitrogens with zero attached hydrogens (tertiary/aromatic N) is 4. The van der Waals surface area contributed by atoms with E-state index in [2.05, 4.69) is 25.1 Å². The van der Waals surface area contributed by atoms with Crippen LogP contribution in [-0.2, 0) is 21.4 Å². The van der Waals surface area contributed by atoms with Gasteiger partial charge in [0, 0.05) is 23.0 Å². The Hall–Kier alpha value is -3.41. The van der Waals surface area contributed by atoms with Crippen molar-refractivity contribution >= 4 is 27.6 Å². The van der Waals surface area contributed by atoms with Crippen molar-refractivity contribution in [3.05, 3.63) is 59.2 Å². The Labute approximate surface area is 189 Å². The molecule has 4 rings (SSSR count). The van der Waals surface area contributed by atoms with Crippen LogP contribution in [0.25, 0.3) is 0 Å². The number of sulfonamides is 1. The number of hydrogen-bond donors (Lipinski definition) is 2. The summed E-state index contributed by atoms with van der Waals surface area (Å²) < 4.78 is 55.1. The number of benzene rings is 1. The normalized spacial score (nSPS) is 13.8. The van der Waals surface area contributed by atoms with E-state index in [0.29, 0.717) is 22.8 Å². The minimum Gasteiger partial charge on any atom is -0.324 e. The number of carbonyl (C=O) groups is 1. The van der Waals surface area contributed by atoms with Crippen molar-refractivity contribution in [2.75, 3.05) is 10.0 Å². The van der Waals surface area contributed by atoms with Crippen molar-refractivity contribution in [3.8, 4) is 0 Å². The Morgan fingerprint density at radius 2 is 1.76 bits per heavy atom. The predicted octanol–water partition coefficient (Wildman–Crippen LogP) is 3.54. The summed E-state index contributed by atoms with van der Waals surface area (Å²) in [5.74, 6) is -0.409. The van der Waals surface area contributed by atoms with E-state index in [1.165, 1.54) is 30.3 Å². The zero-order valence-corrected chi connectivity index (χ0v) is 18.7. The quantitative estimate of drug-likeness (QED) is 0.513. The number of alkyl halides is 2. The molecule has 0 bridgehead atoms. The van der Waals surface area contributed by atoms with Gasteiger partial charge in [-0.25, -0.2) is 31.9 Å². The molecule has 174 valence electrons. The van der Waals surface area contributed by atoms with Gasteiger partial charge in [-0.2, -0.15) is 5.10 Å². The Morgan fingerprint density at radius 1 is 1.12 bits per heavy atom.